The number of nitrogens with one attached hydrogen (secondary N) is 1. The van der Waals surface area contributed by atoms with Gasteiger partial charge in [0.1, 0.15) is 18.9 Å². The molecule has 0 fully saturated rings. The van der Waals surface area contributed by atoms with Gasteiger partial charge in [0.25, 0.3) is 5.91 Å². The molecule has 2 heterocycles. The first-order chi connectivity index (χ1) is 12.3. The van der Waals surface area contributed by atoms with Gasteiger partial charge in [0.05, 0.1) is 17.3 Å². The first kappa shape index (κ1) is 18.0. The minimum Gasteiger partial charge on any atom is -0.486 e. The standard InChI is InChI=1S/C18H17F3N2O3/c1-10(12-3-5-14-15(9-12)26-8-7-25-14)23-17(24)13-4-6-16(18(19,20)21)22-11(13)2/h3-6,9-10H,7-8H2,1-2H3,(H,23,24). The van der Waals surface area contributed by atoms with Gasteiger partial charge in [0.15, 0.2) is 11.5 Å². The quantitative estimate of drug-likeness (QED) is 0.900. The summed E-state index contributed by atoms with van der Waals surface area (Å²) in [5, 5.41) is 2.76. The van der Waals surface area contributed by atoms with Crippen LogP contribution in [-0.4, -0.2) is 24.1 Å². The molecule has 8 heteroatoms. The minimum atomic E-state index is -4.54. The highest BCUT2D eigenvalue weighted by molar-refractivity contribution is 5.95. The topological polar surface area (TPSA) is 60.5 Å². The monoisotopic (exact) mass is 366 g/mol. The second kappa shape index (κ2) is 6.86. The van der Waals surface area contributed by atoms with Crippen molar-refractivity contribution in [1.82, 2.24) is 10.3 Å². The highest BCUT2D eigenvalue weighted by Crippen LogP contribution is 2.33. The van der Waals surface area contributed by atoms with E-state index in [-0.39, 0.29) is 17.3 Å². The molecular weight excluding hydrogens is 349 g/mol. The molecule has 2 aromatic rings. The number of fused-ring (bicyclic) bond motifs is 1. The van der Waals surface area contributed by atoms with Crippen LogP contribution in [0.2, 0.25) is 0 Å². The molecule has 1 amide bonds. The molecule has 26 heavy (non-hydrogen) atoms. The van der Waals surface area contributed by atoms with Crippen LogP contribution in [0.1, 0.15) is 40.3 Å². The SMILES string of the molecule is Cc1nc(C(F)(F)F)ccc1C(=O)NC(C)c1ccc2c(c1)OCCO2. The average Bonchev–Trinajstić information content (AvgIpc) is 2.60. The third-order valence-electron chi connectivity index (χ3n) is 4.03. The molecule has 0 spiro atoms. The fraction of sp³-hybridized carbons (Fsp3) is 0.333. The number of aromatic nitrogens is 1. The van der Waals surface area contributed by atoms with Gasteiger partial charge in [0.2, 0.25) is 0 Å². The van der Waals surface area contributed by atoms with Crippen LogP contribution in [0.3, 0.4) is 0 Å². The highest BCUT2D eigenvalue weighted by atomic mass is 19.4. The Morgan fingerprint density at radius 1 is 1.15 bits per heavy atom. The van der Waals surface area contributed by atoms with Crippen molar-refractivity contribution in [2.45, 2.75) is 26.1 Å². The van der Waals surface area contributed by atoms with Crippen molar-refractivity contribution in [2.75, 3.05) is 13.2 Å². The number of hydrogen-bond donors (Lipinski definition) is 1. The van der Waals surface area contributed by atoms with Crippen LogP contribution in [0.25, 0.3) is 0 Å². The Morgan fingerprint density at radius 3 is 2.50 bits per heavy atom. The third-order valence-corrected chi connectivity index (χ3v) is 4.03. The zero-order valence-corrected chi connectivity index (χ0v) is 14.2. The van der Waals surface area contributed by atoms with E-state index in [1.807, 2.05) is 0 Å². The fourth-order valence-electron chi connectivity index (χ4n) is 2.65. The number of hydrogen-bond acceptors (Lipinski definition) is 4. The number of pyridine rings is 1. The lowest BCUT2D eigenvalue weighted by Gasteiger charge is -2.21. The second-order valence-electron chi connectivity index (χ2n) is 5.93. The van der Waals surface area contributed by atoms with E-state index in [9.17, 15) is 18.0 Å². The number of carbonyl (C=O) groups is 1. The van der Waals surface area contributed by atoms with E-state index < -0.39 is 17.8 Å². The molecule has 0 bridgehead atoms. The Balaban J connectivity index is 1.75. The van der Waals surface area contributed by atoms with Gasteiger partial charge in [-0.1, -0.05) is 6.07 Å². The molecule has 138 valence electrons. The van der Waals surface area contributed by atoms with E-state index in [1.165, 1.54) is 6.92 Å². The Labute approximate surface area is 148 Å². The average molecular weight is 366 g/mol. The van der Waals surface area contributed by atoms with Crippen molar-refractivity contribution < 1.29 is 27.4 Å². The van der Waals surface area contributed by atoms with Gasteiger partial charge < -0.3 is 14.8 Å². The van der Waals surface area contributed by atoms with E-state index in [2.05, 4.69) is 10.3 Å². The van der Waals surface area contributed by atoms with Gasteiger partial charge in [-0.3, -0.25) is 4.79 Å². The van der Waals surface area contributed by atoms with Crippen molar-refractivity contribution in [3.63, 3.8) is 0 Å². The van der Waals surface area contributed by atoms with Crippen LogP contribution in [0, 0.1) is 6.92 Å². The maximum absolute atomic E-state index is 12.7. The van der Waals surface area contributed by atoms with Crippen LogP contribution in [0.4, 0.5) is 13.2 Å². The van der Waals surface area contributed by atoms with Gasteiger partial charge in [-0.15, -0.1) is 0 Å². The van der Waals surface area contributed by atoms with Gasteiger partial charge in [-0.2, -0.15) is 13.2 Å². The lowest BCUT2D eigenvalue weighted by molar-refractivity contribution is -0.141. The predicted octanol–water partition coefficient (Wildman–Crippen LogP) is 3.67. The largest absolute Gasteiger partial charge is 0.486 e. The number of amides is 1. The number of rotatable bonds is 3. The van der Waals surface area contributed by atoms with E-state index in [0.29, 0.717) is 24.7 Å². The van der Waals surface area contributed by atoms with Gasteiger partial charge in [0, 0.05) is 0 Å². The summed E-state index contributed by atoms with van der Waals surface area (Å²) < 4.78 is 49.0. The summed E-state index contributed by atoms with van der Waals surface area (Å²) in [4.78, 5) is 15.9. The van der Waals surface area contributed by atoms with Crippen molar-refractivity contribution in [1.29, 1.82) is 0 Å². The van der Waals surface area contributed by atoms with Crippen LogP contribution in [0.5, 0.6) is 11.5 Å². The molecule has 1 aromatic heterocycles. The zero-order chi connectivity index (χ0) is 18.9. The summed E-state index contributed by atoms with van der Waals surface area (Å²) in [6, 6.07) is 6.90. The Hall–Kier alpha value is -2.77. The smallest absolute Gasteiger partial charge is 0.433 e. The summed E-state index contributed by atoms with van der Waals surface area (Å²) in [6.45, 7) is 4.08. The number of aryl methyl sites for hydroxylation is 1. The van der Waals surface area contributed by atoms with Gasteiger partial charge in [-0.05, 0) is 43.7 Å². The number of halogens is 3. The number of benzene rings is 1. The molecule has 1 atom stereocenters. The molecule has 0 aliphatic carbocycles. The zero-order valence-electron chi connectivity index (χ0n) is 14.2. The van der Waals surface area contributed by atoms with E-state index in [1.54, 1.807) is 25.1 Å². The number of carbonyl (C=O) groups excluding carboxylic acids is 1. The molecule has 3 rings (SSSR count). The number of alkyl halides is 3. The number of ether oxygens (including phenoxy) is 2. The molecule has 0 saturated heterocycles. The molecule has 1 unspecified atom stereocenters. The summed E-state index contributed by atoms with van der Waals surface area (Å²) in [7, 11) is 0. The molecule has 5 nitrogen and oxygen atoms in total. The fourth-order valence-corrected chi connectivity index (χ4v) is 2.65. The van der Waals surface area contributed by atoms with Crippen molar-refractivity contribution in [3.05, 3.63) is 52.8 Å². The van der Waals surface area contributed by atoms with Crippen molar-refractivity contribution >= 4 is 5.91 Å². The normalized spacial score (nSPS) is 14.7. The molecular formula is C18H17F3N2O3. The molecule has 1 N–H and O–H groups in total. The van der Waals surface area contributed by atoms with Crippen molar-refractivity contribution in [2.24, 2.45) is 0 Å². The van der Waals surface area contributed by atoms with Crippen molar-refractivity contribution in [3.8, 4) is 11.5 Å². The summed E-state index contributed by atoms with van der Waals surface area (Å²) in [5.74, 6) is 0.745. The molecule has 1 aromatic carbocycles. The van der Waals surface area contributed by atoms with Gasteiger partial charge in [-0.25, -0.2) is 4.98 Å². The number of nitrogens with zero attached hydrogens (tertiary/aromatic N) is 1. The van der Waals surface area contributed by atoms with E-state index >= 15 is 0 Å². The lowest BCUT2D eigenvalue weighted by atomic mass is 10.1. The van der Waals surface area contributed by atoms with Crippen LogP contribution >= 0.6 is 0 Å². The van der Waals surface area contributed by atoms with E-state index in [4.69, 9.17) is 9.47 Å². The Kier molecular flexibility index (Phi) is 4.76. The summed E-state index contributed by atoms with van der Waals surface area (Å²) in [6.07, 6.45) is -4.54. The lowest BCUT2D eigenvalue weighted by Crippen LogP contribution is -2.28. The van der Waals surface area contributed by atoms with Gasteiger partial charge >= 0.3 is 6.18 Å². The maximum atomic E-state index is 12.7. The predicted molar refractivity (Wildman–Crippen MR) is 87.3 cm³/mol. The Morgan fingerprint density at radius 2 is 1.85 bits per heavy atom. The van der Waals surface area contributed by atoms with Crippen LogP contribution in [0.15, 0.2) is 30.3 Å². The minimum absolute atomic E-state index is 0.0201. The second-order valence-corrected chi connectivity index (χ2v) is 5.93. The Bertz CT molecular complexity index is 837. The molecule has 0 radical (unpaired) electrons. The van der Waals surface area contributed by atoms with Crippen LogP contribution < -0.4 is 14.8 Å². The van der Waals surface area contributed by atoms with E-state index in [0.717, 1.165) is 17.7 Å². The van der Waals surface area contributed by atoms with Crippen LogP contribution in [-0.2, 0) is 6.18 Å². The molecule has 1 aliphatic heterocycles. The molecule has 1 aliphatic rings. The summed E-state index contributed by atoms with van der Waals surface area (Å²) in [5.41, 5.74) is -0.111. The summed E-state index contributed by atoms with van der Waals surface area (Å²) >= 11 is 0. The molecule has 0 saturated carbocycles. The first-order valence-electron chi connectivity index (χ1n) is 8.01. The first-order valence-corrected chi connectivity index (χ1v) is 8.01. The maximum Gasteiger partial charge on any atom is 0.433 e. The third kappa shape index (κ3) is 3.74. The highest BCUT2D eigenvalue weighted by Gasteiger charge is 2.33.